The smallest absolute Gasteiger partial charge is 0.373 e. The van der Waals surface area contributed by atoms with Gasteiger partial charge in [-0.05, 0) is 47.1 Å². The summed E-state index contributed by atoms with van der Waals surface area (Å²) in [5, 5.41) is 8.96. The van der Waals surface area contributed by atoms with Crippen LogP contribution in [-0.2, 0) is 0 Å². The number of benzene rings is 1. The summed E-state index contributed by atoms with van der Waals surface area (Å²) in [5.41, 5.74) is 1.96. The Kier molecular flexibility index (Phi) is 3.80. The minimum atomic E-state index is -1.14. The lowest BCUT2D eigenvalue weighted by Gasteiger charge is -2.07. The van der Waals surface area contributed by atoms with E-state index in [0.717, 1.165) is 10.0 Å². The molecule has 0 fully saturated rings. The topological polar surface area (TPSA) is 72.3 Å². The Morgan fingerprint density at radius 3 is 2.63 bits per heavy atom. The molecule has 0 radical (unpaired) electrons. The van der Waals surface area contributed by atoms with Crippen LogP contribution in [0.25, 0.3) is 11.3 Å². The van der Waals surface area contributed by atoms with Crippen molar-refractivity contribution in [3.63, 3.8) is 0 Å². The Hall–Kier alpha value is -1.95. The SMILES string of the molecule is COc1ccc(-c2cc(C)nc(C(=O)O)n2)cc1Br. The fraction of sp³-hybridized carbons (Fsp3) is 0.154. The van der Waals surface area contributed by atoms with E-state index in [0.29, 0.717) is 17.1 Å². The maximum absolute atomic E-state index is 10.9. The zero-order chi connectivity index (χ0) is 14.0. The van der Waals surface area contributed by atoms with Gasteiger partial charge in [0, 0.05) is 11.3 Å². The lowest BCUT2D eigenvalue weighted by molar-refractivity contribution is 0.0683. The van der Waals surface area contributed by atoms with Crippen LogP contribution in [0.4, 0.5) is 0 Å². The molecule has 5 nitrogen and oxygen atoms in total. The number of carboxylic acid groups (broad SMARTS) is 1. The molecule has 6 heteroatoms. The minimum absolute atomic E-state index is 0.207. The standard InChI is InChI=1S/C13H11BrN2O3/c1-7-5-10(16-12(15-7)13(17)18)8-3-4-11(19-2)9(14)6-8/h3-6H,1-2H3,(H,17,18). The second-order valence-electron chi connectivity index (χ2n) is 3.87. The zero-order valence-corrected chi connectivity index (χ0v) is 11.9. The van der Waals surface area contributed by atoms with Crippen LogP contribution >= 0.6 is 15.9 Å². The van der Waals surface area contributed by atoms with Crippen molar-refractivity contribution in [3.05, 3.63) is 40.3 Å². The summed E-state index contributed by atoms with van der Waals surface area (Å²) in [5.74, 6) is -0.646. The molecule has 0 atom stereocenters. The van der Waals surface area contributed by atoms with Crippen molar-refractivity contribution in [1.82, 2.24) is 9.97 Å². The lowest BCUT2D eigenvalue weighted by Crippen LogP contribution is -2.06. The van der Waals surface area contributed by atoms with E-state index in [4.69, 9.17) is 9.84 Å². The third-order valence-corrected chi connectivity index (χ3v) is 3.11. The summed E-state index contributed by atoms with van der Waals surface area (Å²) < 4.78 is 5.93. The number of carboxylic acids is 1. The number of hydrogen-bond acceptors (Lipinski definition) is 4. The van der Waals surface area contributed by atoms with E-state index in [9.17, 15) is 4.79 Å². The molecule has 1 N–H and O–H groups in total. The number of aromatic nitrogens is 2. The van der Waals surface area contributed by atoms with E-state index in [1.54, 1.807) is 26.2 Å². The summed E-state index contributed by atoms with van der Waals surface area (Å²) in [4.78, 5) is 18.8. The van der Waals surface area contributed by atoms with Gasteiger partial charge in [0.1, 0.15) is 5.75 Å². The van der Waals surface area contributed by atoms with E-state index in [1.165, 1.54) is 0 Å². The van der Waals surface area contributed by atoms with Crippen molar-refractivity contribution in [2.24, 2.45) is 0 Å². The molecule has 0 bridgehead atoms. The van der Waals surface area contributed by atoms with Crippen LogP contribution in [0.1, 0.15) is 16.3 Å². The summed E-state index contributed by atoms with van der Waals surface area (Å²) >= 11 is 3.39. The van der Waals surface area contributed by atoms with E-state index in [-0.39, 0.29) is 5.82 Å². The molecular weight excluding hydrogens is 312 g/mol. The molecule has 0 aliphatic rings. The first kappa shape index (κ1) is 13.5. The molecule has 0 saturated heterocycles. The van der Waals surface area contributed by atoms with Gasteiger partial charge in [0.2, 0.25) is 5.82 Å². The van der Waals surface area contributed by atoms with Gasteiger partial charge in [-0.3, -0.25) is 0 Å². The number of ether oxygens (including phenoxy) is 1. The number of hydrogen-bond donors (Lipinski definition) is 1. The maximum atomic E-state index is 10.9. The molecule has 1 aromatic carbocycles. The van der Waals surface area contributed by atoms with Gasteiger partial charge in [0.25, 0.3) is 0 Å². The molecule has 0 amide bonds. The first-order valence-electron chi connectivity index (χ1n) is 5.44. The van der Waals surface area contributed by atoms with Crippen molar-refractivity contribution in [2.45, 2.75) is 6.92 Å². The second-order valence-corrected chi connectivity index (χ2v) is 4.73. The van der Waals surface area contributed by atoms with Gasteiger partial charge in [0.05, 0.1) is 17.3 Å². The van der Waals surface area contributed by atoms with Crippen molar-refractivity contribution in [1.29, 1.82) is 0 Å². The molecule has 2 rings (SSSR count). The largest absolute Gasteiger partial charge is 0.496 e. The third kappa shape index (κ3) is 2.90. The predicted molar refractivity (Wildman–Crippen MR) is 73.4 cm³/mol. The zero-order valence-electron chi connectivity index (χ0n) is 10.3. The number of rotatable bonds is 3. The average molecular weight is 323 g/mol. The van der Waals surface area contributed by atoms with Crippen molar-refractivity contribution in [3.8, 4) is 17.0 Å². The minimum Gasteiger partial charge on any atom is -0.496 e. The predicted octanol–water partition coefficient (Wildman–Crippen LogP) is 2.92. The molecule has 1 aromatic heterocycles. The highest BCUT2D eigenvalue weighted by Gasteiger charge is 2.11. The summed E-state index contributed by atoms with van der Waals surface area (Å²) in [7, 11) is 1.58. The van der Waals surface area contributed by atoms with E-state index in [2.05, 4.69) is 25.9 Å². The van der Waals surface area contributed by atoms with Gasteiger partial charge in [-0.2, -0.15) is 0 Å². The number of nitrogens with zero attached hydrogens (tertiary/aromatic N) is 2. The summed E-state index contributed by atoms with van der Waals surface area (Å²) in [6, 6.07) is 7.17. The van der Waals surface area contributed by atoms with Crippen molar-refractivity contribution < 1.29 is 14.6 Å². The molecule has 19 heavy (non-hydrogen) atoms. The molecule has 98 valence electrons. The third-order valence-electron chi connectivity index (χ3n) is 2.49. The molecule has 0 aliphatic carbocycles. The molecular formula is C13H11BrN2O3. The fourth-order valence-corrected chi connectivity index (χ4v) is 2.18. The number of aromatic carboxylic acids is 1. The van der Waals surface area contributed by atoms with Crippen LogP contribution in [0.15, 0.2) is 28.7 Å². The number of aryl methyl sites for hydroxylation is 1. The Labute approximate surface area is 118 Å². The second kappa shape index (κ2) is 5.36. The highest BCUT2D eigenvalue weighted by molar-refractivity contribution is 9.10. The van der Waals surface area contributed by atoms with E-state index >= 15 is 0 Å². The maximum Gasteiger partial charge on any atom is 0.373 e. The summed E-state index contributed by atoms with van der Waals surface area (Å²) in [6.45, 7) is 1.73. The van der Waals surface area contributed by atoms with Crippen molar-refractivity contribution in [2.75, 3.05) is 7.11 Å². The fourth-order valence-electron chi connectivity index (χ4n) is 1.64. The average Bonchev–Trinajstić information content (AvgIpc) is 2.37. The van der Waals surface area contributed by atoms with Crippen LogP contribution in [0.5, 0.6) is 5.75 Å². The molecule has 1 heterocycles. The molecule has 0 unspecified atom stereocenters. The van der Waals surface area contributed by atoms with Crippen molar-refractivity contribution >= 4 is 21.9 Å². The molecule has 0 spiro atoms. The van der Waals surface area contributed by atoms with Gasteiger partial charge >= 0.3 is 5.97 Å². The Bertz CT molecular complexity index is 644. The van der Waals surface area contributed by atoms with Crippen LogP contribution in [0.3, 0.4) is 0 Å². The van der Waals surface area contributed by atoms with Crippen LogP contribution in [0.2, 0.25) is 0 Å². The van der Waals surface area contributed by atoms with Gasteiger partial charge in [-0.1, -0.05) is 0 Å². The quantitative estimate of drug-likeness (QED) is 0.940. The highest BCUT2D eigenvalue weighted by Crippen LogP contribution is 2.29. The highest BCUT2D eigenvalue weighted by atomic mass is 79.9. The number of carbonyl (C=O) groups is 1. The number of halogens is 1. The Balaban J connectivity index is 2.52. The summed E-state index contributed by atoms with van der Waals surface area (Å²) in [6.07, 6.45) is 0. The van der Waals surface area contributed by atoms with Crippen LogP contribution in [-0.4, -0.2) is 28.2 Å². The number of methoxy groups -OCH3 is 1. The van der Waals surface area contributed by atoms with Crippen LogP contribution < -0.4 is 4.74 Å². The molecule has 2 aromatic rings. The monoisotopic (exact) mass is 322 g/mol. The Morgan fingerprint density at radius 2 is 2.05 bits per heavy atom. The van der Waals surface area contributed by atoms with Gasteiger partial charge in [0.15, 0.2) is 0 Å². The van der Waals surface area contributed by atoms with Crippen LogP contribution in [0, 0.1) is 6.92 Å². The van der Waals surface area contributed by atoms with Gasteiger partial charge < -0.3 is 9.84 Å². The van der Waals surface area contributed by atoms with E-state index in [1.807, 2.05) is 12.1 Å². The molecule has 0 saturated carbocycles. The van der Waals surface area contributed by atoms with Gasteiger partial charge in [-0.25, -0.2) is 14.8 Å². The molecule has 0 aliphatic heterocycles. The van der Waals surface area contributed by atoms with Gasteiger partial charge in [-0.15, -0.1) is 0 Å². The lowest BCUT2D eigenvalue weighted by atomic mass is 10.1. The first-order chi connectivity index (χ1) is 9.01. The first-order valence-corrected chi connectivity index (χ1v) is 6.23. The Morgan fingerprint density at radius 1 is 1.32 bits per heavy atom. The normalized spacial score (nSPS) is 10.3. The van der Waals surface area contributed by atoms with E-state index < -0.39 is 5.97 Å².